The molecule has 0 unspecified atom stereocenters. The van der Waals surface area contributed by atoms with E-state index in [0.717, 1.165) is 15.6 Å². The zero-order chi connectivity index (χ0) is 20.4. The molecular formula is C23H17BrN2O3. The Labute approximate surface area is 176 Å². The summed E-state index contributed by atoms with van der Waals surface area (Å²) in [6, 6.07) is 21.5. The van der Waals surface area contributed by atoms with Crippen molar-refractivity contribution in [2.24, 2.45) is 4.99 Å². The third kappa shape index (κ3) is 3.79. The second kappa shape index (κ2) is 7.93. The quantitative estimate of drug-likeness (QED) is 0.571. The topological polar surface area (TPSA) is 62.1 Å². The smallest absolute Gasteiger partial charge is 0.282 e. The number of carbonyl (C=O) groups excluding carboxylic acids is 1. The van der Waals surface area contributed by atoms with Crippen LogP contribution >= 0.6 is 15.9 Å². The Kier molecular flexibility index (Phi) is 5.18. The maximum Gasteiger partial charge on any atom is 0.282 e. The van der Waals surface area contributed by atoms with Crippen LogP contribution in [-0.2, 0) is 4.79 Å². The van der Waals surface area contributed by atoms with Crippen molar-refractivity contribution in [1.82, 2.24) is 0 Å². The molecule has 0 atom stereocenters. The Morgan fingerprint density at radius 1 is 1.00 bits per heavy atom. The first-order valence-electron chi connectivity index (χ1n) is 8.89. The van der Waals surface area contributed by atoms with E-state index in [1.54, 1.807) is 42.4 Å². The second-order valence-corrected chi connectivity index (χ2v) is 7.29. The minimum atomic E-state index is -0.250. The number of rotatable bonds is 4. The number of aliphatic imine (C=N–C) groups is 1. The maximum absolute atomic E-state index is 13.3. The summed E-state index contributed by atoms with van der Waals surface area (Å²) in [6.07, 6.45) is 1.72. The van der Waals surface area contributed by atoms with Gasteiger partial charge >= 0.3 is 0 Å². The van der Waals surface area contributed by atoms with Gasteiger partial charge in [0.15, 0.2) is 0 Å². The first-order valence-corrected chi connectivity index (χ1v) is 9.69. The molecule has 0 aliphatic carbocycles. The Balaban J connectivity index is 1.83. The first kappa shape index (κ1) is 19.0. The van der Waals surface area contributed by atoms with Crippen LogP contribution in [0.5, 0.6) is 11.5 Å². The van der Waals surface area contributed by atoms with Gasteiger partial charge in [0.25, 0.3) is 5.91 Å². The van der Waals surface area contributed by atoms with Crippen molar-refractivity contribution in [3.63, 3.8) is 0 Å². The van der Waals surface area contributed by atoms with Gasteiger partial charge in [0.05, 0.1) is 12.8 Å². The molecule has 3 aromatic rings. The Hall–Kier alpha value is -3.38. The number of carbonyl (C=O) groups is 1. The van der Waals surface area contributed by atoms with Crippen LogP contribution in [0, 0.1) is 0 Å². The van der Waals surface area contributed by atoms with Crippen molar-refractivity contribution < 1.29 is 14.6 Å². The van der Waals surface area contributed by atoms with Gasteiger partial charge in [-0.25, -0.2) is 4.99 Å². The predicted octanol–water partition coefficient (Wildman–Crippen LogP) is 5.00. The molecule has 0 radical (unpaired) electrons. The summed E-state index contributed by atoms with van der Waals surface area (Å²) in [5.74, 6) is 1.07. The van der Waals surface area contributed by atoms with Gasteiger partial charge in [-0.3, -0.25) is 9.69 Å². The van der Waals surface area contributed by atoms with Crippen LogP contribution in [0.1, 0.15) is 11.1 Å². The number of anilines is 1. The minimum Gasteiger partial charge on any atom is -0.508 e. The molecule has 0 fully saturated rings. The van der Waals surface area contributed by atoms with E-state index >= 15 is 0 Å². The van der Waals surface area contributed by atoms with E-state index in [-0.39, 0.29) is 11.7 Å². The Bertz CT molecular complexity index is 1120. The van der Waals surface area contributed by atoms with Gasteiger partial charge in [0, 0.05) is 15.6 Å². The van der Waals surface area contributed by atoms with Crippen LogP contribution < -0.4 is 9.64 Å². The normalized spacial score (nSPS) is 15.0. The molecule has 1 aliphatic heterocycles. The minimum absolute atomic E-state index is 0.132. The van der Waals surface area contributed by atoms with E-state index in [0.29, 0.717) is 23.0 Å². The summed E-state index contributed by atoms with van der Waals surface area (Å²) >= 11 is 3.43. The number of halogens is 1. The van der Waals surface area contributed by atoms with Crippen LogP contribution in [0.4, 0.5) is 5.69 Å². The number of amides is 1. The maximum atomic E-state index is 13.3. The van der Waals surface area contributed by atoms with Gasteiger partial charge in [-0.1, -0.05) is 46.3 Å². The lowest BCUT2D eigenvalue weighted by Gasteiger charge is -2.18. The SMILES string of the molecule is COc1ccccc1/C=C1/N=C(c2ccc(Br)cc2)N(c2ccc(O)cc2)C1=O. The second-order valence-electron chi connectivity index (χ2n) is 6.37. The molecule has 0 spiro atoms. The highest BCUT2D eigenvalue weighted by Crippen LogP contribution is 2.30. The largest absolute Gasteiger partial charge is 0.508 e. The summed E-state index contributed by atoms with van der Waals surface area (Å²) in [6.45, 7) is 0. The van der Waals surface area contributed by atoms with E-state index < -0.39 is 0 Å². The molecule has 0 saturated heterocycles. The van der Waals surface area contributed by atoms with E-state index in [1.807, 2.05) is 48.5 Å². The highest BCUT2D eigenvalue weighted by Gasteiger charge is 2.32. The lowest BCUT2D eigenvalue weighted by molar-refractivity contribution is -0.113. The summed E-state index contributed by atoms with van der Waals surface area (Å²) in [5, 5.41) is 9.62. The van der Waals surface area contributed by atoms with Crippen LogP contribution in [0.15, 0.2) is 88.0 Å². The zero-order valence-corrected chi connectivity index (χ0v) is 17.1. The molecule has 144 valence electrons. The van der Waals surface area contributed by atoms with E-state index in [4.69, 9.17) is 4.74 Å². The average Bonchev–Trinajstić information content (AvgIpc) is 3.06. The number of hydrogen-bond donors (Lipinski definition) is 1. The van der Waals surface area contributed by atoms with Crippen molar-refractivity contribution >= 4 is 39.4 Å². The van der Waals surface area contributed by atoms with Crippen LogP contribution in [0.25, 0.3) is 6.08 Å². The molecule has 4 rings (SSSR count). The number of amidine groups is 1. The highest BCUT2D eigenvalue weighted by molar-refractivity contribution is 9.10. The number of hydrogen-bond acceptors (Lipinski definition) is 4. The van der Waals surface area contributed by atoms with Crippen molar-refractivity contribution in [2.75, 3.05) is 12.0 Å². The fourth-order valence-corrected chi connectivity index (χ4v) is 3.35. The molecule has 5 nitrogen and oxygen atoms in total. The average molecular weight is 449 g/mol. The van der Waals surface area contributed by atoms with Crippen LogP contribution in [0.3, 0.4) is 0 Å². The zero-order valence-electron chi connectivity index (χ0n) is 15.5. The molecule has 3 aromatic carbocycles. The van der Waals surface area contributed by atoms with Crippen LogP contribution in [-0.4, -0.2) is 24.0 Å². The summed E-state index contributed by atoms with van der Waals surface area (Å²) in [5.41, 5.74) is 2.50. The fourth-order valence-electron chi connectivity index (χ4n) is 3.08. The number of phenolic OH excluding ortho intramolecular Hbond substituents is 1. The fraction of sp³-hybridized carbons (Fsp3) is 0.0435. The lowest BCUT2D eigenvalue weighted by Crippen LogP contribution is -2.32. The van der Waals surface area contributed by atoms with E-state index in [2.05, 4.69) is 20.9 Å². The lowest BCUT2D eigenvalue weighted by atomic mass is 10.1. The number of benzene rings is 3. The number of methoxy groups -OCH3 is 1. The van der Waals surface area contributed by atoms with Gasteiger partial charge in [0.2, 0.25) is 0 Å². The van der Waals surface area contributed by atoms with Gasteiger partial charge < -0.3 is 9.84 Å². The molecule has 0 bridgehead atoms. The van der Waals surface area contributed by atoms with Crippen LogP contribution in [0.2, 0.25) is 0 Å². The summed E-state index contributed by atoms with van der Waals surface area (Å²) < 4.78 is 6.33. The van der Waals surface area contributed by atoms with E-state index in [9.17, 15) is 9.90 Å². The third-order valence-corrected chi connectivity index (χ3v) is 5.03. The van der Waals surface area contributed by atoms with Crippen molar-refractivity contribution in [3.05, 3.63) is 94.1 Å². The third-order valence-electron chi connectivity index (χ3n) is 4.50. The van der Waals surface area contributed by atoms with Gasteiger partial charge in [-0.2, -0.15) is 0 Å². The molecule has 1 N–H and O–H groups in total. The van der Waals surface area contributed by atoms with Gasteiger partial charge in [-0.05, 0) is 48.5 Å². The van der Waals surface area contributed by atoms with E-state index in [1.165, 1.54) is 0 Å². The summed E-state index contributed by atoms with van der Waals surface area (Å²) in [7, 11) is 1.59. The number of phenols is 1. The van der Waals surface area contributed by atoms with Crippen molar-refractivity contribution in [1.29, 1.82) is 0 Å². The summed E-state index contributed by atoms with van der Waals surface area (Å²) in [4.78, 5) is 19.5. The molecule has 0 aromatic heterocycles. The molecule has 1 heterocycles. The van der Waals surface area contributed by atoms with Gasteiger partial charge in [0.1, 0.15) is 23.0 Å². The standard InChI is InChI=1S/C23H17BrN2O3/c1-29-21-5-3-2-4-16(21)14-20-23(28)26(18-10-12-19(27)13-11-18)22(25-20)15-6-8-17(24)9-7-15/h2-14,27H,1H3/b20-14+. The van der Waals surface area contributed by atoms with Gasteiger partial charge in [-0.15, -0.1) is 0 Å². The molecule has 1 amide bonds. The number of ether oxygens (including phenoxy) is 1. The molecular weight excluding hydrogens is 432 g/mol. The molecule has 6 heteroatoms. The van der Waals surface area contributed by atoms with Crippen molar-refractivity contribution in [2.45, 2.75) is 0 Å². The highest BCUT2D eigenvalue weighted by atomic mass is 79.9. The number of nitrogens with zero attached hydrogens (tertiary/aromatic N) is 2. The molecule has 0 saturated carbocycles. The number of aromatic hydroxyl groups is 1. The molecule has 1 aliphatic rings. The Morgan fingerprint density at radius 2 is 1.69 bits per heavy atom. The predicted molar refractivity (Wildman–Crippen MR) is 117 cm³/mol. The number of para-hydroxylation sites is 1. The Morgan fingerprint density at radius 3 is 2.38 bits per heavy atom. The van der Waals surface area contributed by atoms with Crippen molar-refractivity contribution in [3.8, 4) is 11.5 Å². The molecule has 29 heavy (non-hydrogen) atoms. The first-order chi connectivity index (χ1) is 14.1. The monoisotopic (exact) mass is 448 g/mol.